The van der Waals surface area contributed by atoms with Crippen LogP contribution in [0.1, 0.15) is 30.4 Å². The molecule has 0 aromatic heterocycles. The van der Waals surface area contributed by atoms with Crippen LogP contribution in [0.3, 0.4) is 0 Å². The van der Waals surface area contributed by atoms with Crippen molar-refractivity contribution in [1.29, 1.82) is 0 Å². The van der Waals surface area contributed by atoms with Crippen LogP contribution < -0.4 is 5.32 Å². The van der Waals surface area contributed by atoms with Crippen molar-refractivity contribution in [2.75, 3.05) is 13.1 Å². The van der Waals surface area contributed by atoms with Gasteiger partial charge in [-0.05, 0) is 49.0 Å². The summed E-state index contributed by atoms with van der Waals surface area (Å²) in [6.07, 6.45) is -3.42. The molecule has 2 atom stereocenters. The highest BCUT2D eigenvalue weighted by molar-refractivity contribution is 6.31. The maximum Gasteiger partial charge on any atom is 0.416 e. The van der Waals surface area contributed by atoms with Crippen molar-refractivity contribution in [2.45, 2.75) is 25.4 Å². The maximum atomic E-state index is 12.5. The van der Waals surface area contributed by atoms with Crippen LogP contribution in [-0.4, -0.2) is 13.1 Å². The Labute approximate surface area is 109 Å². The second-order valence-electron chi connectivity index (χ2n) is 4.81. The van der Waals surface area contributed by atoms with Crippen LogP contribution in [0.4, 0.5) is 13.2 Å². The molecule has 1 nitrogen and oxygen atoms in total. The van der Waals surface area contributed by atoms with E-state index in [0.29, 0.717) is 5.92 Å². The number of hydrogen-bond donors (Lipinski definition) is 1. The van der Waals surface area contributed by atoms with Crippen LogP contribution in [0, 0.1) is 5.92 Å². The van der Waals surface area contributed by atoms with Gasteiger partial charge < -0.3 is 5.32 Å². The number of benzene rings is 1. The topological polar surface area (TPSA) is 12.0 Å². The van der Waals surface area contributed by atoms with Gasteiger partial charge in [0, 0.05) is 5.02 Å². The van der Waals surface area contributed by atoms with Gasteiger partial charge in [0.1, 0.15) is 0 Å². The van der Waals surface area contributed by atoms with Crippen molar-refractivity contribution in [3.05, 3.63) is 34.3 Å². The minimum atomic E-state index is -4.33. The minimum Gasteiger partial charge on any atom is -0.316 e. The van der Waals surface area contributed by atoms with Gasteiger partial charge in [-0.25, -0.2) is 0 Å². The second kappa shape index (κ2) is 5.10. The fourth-order valence-electron chi connectivity index (χ4n) is 2.48. The second-order valence-corrected chi connectivity index (χ2v) is 5.22. The Morgan fingerprint density at radius 1 is 1.33 bits per heavy atom. The van der Waals surface area contributed by atoms with Crippen LogP contribution >= 0.6 is 11.6 Å². The molecule has 0 radical (unpaired) electrons. The molecule has 5 heteroatoms. The lowest BCUT2D eigenvalue weighted by molar-refractivity contribution is -0.137. The molecule has 0 bridgehead atoms. The molecule has 0 saturated carbocycles. The van der Waals surface area contributed by atoms with E-state index in [4.69, 9.17) is 11.6 Å². The van der Waals surface area contributed by atoms with Crippen molar-refractivity contribution in [1.82, 2.24) is 5.32 Å². The van der Waals surface area contributed by atoms with Gasteiger partial charge in [0.05, 0.1) is 5.56 Å². The predicted octanol–water partition coefficient (Wildman–Crippen LogP) is 4.07. The van der Waals surface area contributed by atoms with Gasteiger partial charge in [-0.15, -0.1) is 0 Å². The van der Waals surface area contributed by atoms with Gasteiger partial charge in [0.2, 0.25) is 0 Å². The first-order valence-corrected chi connectivity index (χ1v) is 6.34. The normalized spacial score (nSPS) is 25.2. The van der Waals surface area contributed by atoms with E-state index >= 15 is 0 Å². The van der Waals surface area contributed by atoms with Crippen molar-refractivity contribution in [2.24, 2.45) is 5.92 Å². The van der Waals surface area contributed by atoms with Crippen LogP contribution in [0.5, 0.6) is 0 Å². The smallest absolute Gasteiger partial charge is 0.316 e. The summed E-state index contributed by atoms with van der Waals surface area (Å²) in [4.78, 5) is 0. The van der Waals surface area contributed by atoms with Gasteiger partial charge in [0.25, 0.3) is 0 Å². The highest BCUT2D eigenvalue weighted by atomic mass is 35.5. The van der Waals surface area contributed by atoms with Gasteiger partial charge in [-0.3, -0.25) is 0 Å². The molecule has 0 unspecified atom stereocenters. The molecular weight excluding hydrogens is 263 g/mol. The molecule has 0 spiro atoms. The fourth-order valence-corrected chi connectivity index (χ4v) is 2.80. The summed E-state index contributed by atoms with van der Waals surface area (Å²) in [6, 6.07) is 3.68. The average molecular weight is 278 g/mol. The van der Waals surface area contributed by atoms with Crippen LogP contribution in [0.2, 0.25) is 5.02 Å². The first-order valence-electron chi connectivity index (χ1n) is 5.97. The zero-order chi connectivity index (χ0) is 13.3. The van der Waals surface area contributed by atoms with E-state index in [2.05, 4.69) is 12.2 Å². The van der Waals surface area contributed by atoms with E-state index in [1.807, 2.05) is 0 Å². The predicted molar refractivity (Wildman–Crippen MR) is 65.8 cm³/mol. The summed E-state index contributed by atoms with van der Waals surface area (Å²) in [5.74, 6) is 0.619. The third-order valence-corrected chi connectivity index (χ3v) is 3.84. The lowest BCUT2D eigenvalue weighted by atomic mass is 9.82. The summed E-state index contributed by atoms with van der Waals surface area (Å²) >= 11 is 6.01. The largest absolute Gasteiger partial charge is 0.416 e. The molecule has 1 aliphatic rings. The first kappa shape index (κ1) is 13.7. The zero-order valence-corrected chi connectivity index (χ0v) is 10.8. The Morgan fingerprint density at radius 3 is 2.61 bits per heavy atom. The van der Waals surface area contributed by atoms with E-state index in [-0.39, 0.29) is 10.9 Å². The molecule has 1 aliphatic heterocycles. The summed E-state index contributed by atoms with van der Waals surface area (Å²) in [5.41, 5.74) is 0.150. The summed E-state index contributed by atoms with van der Waals surface area (Å²) in [5, 5.41) is 3.49. The molecule has 1 fully saturated rings. The van der Waals surface area contributed by atoms with E-state index in [9.17, 15) is 13.2 Å². The molecule has 1 aromatic rings. The molecule has 18 heavy (non-hydrogen) atoms. The third-order valence-electron chi connectivity index (χ3n) is 3.51. The molecule has 2 rings (SSSR count). The molecule has 1 saturated heterocycles. The van der Waals surface area contributed by atoms with E-state index in [1.54, 1.807) is 0 Å². The van der Waals surface area contributed by atoms with Gasteiger partial charge in [0.15, 0.2) is 0 Å². The van der Waals surface area contributed by atoms with Gasteiger partial charge in [-0.2, -0.15) is 13.2 Å². The number of piperidine rings is 1. The molecule has 100 valence electrons. The number of nitrogens with one attached hydrogen (secondary N) is 1. The van der Waals surface area contributed by atoms with E-state index in [0.717, 1.165) is 37.2 Å². The van der Waals surface area contributed by atoms with Crippen LogP contribution in [0.25, 0.3) is 0 Å². The molecule has 1 N–H and O–H groups in total. The lowest BCUT2D eigenvalue weighted by Gasteiger charge is -2.30. The minimum absolute atomic E-state index is 0.226. The van der Waals surface area contributed by atoms with Crippen LogP contribution in [0.15, 0.2) is 18.2 Å². The average Bonchev–Trinajstić information content (AvgIpc) is 2.29. The Hall–Kier alpha value is -0.740. The Balaban J connectivity index is 2.29. The van der Waals surface area contributed by atoms with E-state index in [1.165, 1.54) is 6.07 Å². The number of hydrogen-bond acceptors (Lipinski definition) is 1. The Kier molecular flexibility index (Phi) is 3.87. The standard InChI is InChI=1S/C13H15ClF3N/c1-8-7-18-5-4-10(8)11-3-2-9(6-12(11)14)13(15,16)17/h2-3,6,8,10,18H,4-5,7H2,1H3/t8-,10+/m1/s1. The molecule has 0 aliphatic carbocycles. The number of rotatable bonds is 1. The molecule has 1 heterocycles. The van der Waals surface area contributed by atoms with Crippen molar-refractivity contribution in [3.63, 3.8) is 0 Å². The Bertz CT molecular complexity index is 431. The van der Waals surface area contributed by atoms with Gasteiger partial charge >= 0.3 is 6.18 Å². The lowest BCUT2D eigenvalue weighted by Crippen LogP contribution is -2.33. The monoisotopic (exact) mass is 277 g/mol. The maximum absolute atomic E-state index is 12.5. The van der Waals surface area contributed by atoms with Crippen molar-refractivity contribution in [3.8, 4) is 0 Å². The molecule has 1 aromatic carbocycles. The number of halogens is 4. The molecular formula is C13H15ClF3N. The van der Waals surface area contributed by atoms with Crippen molar-refractivity contribution >= 4 is 11.6 Å². The van der Waals surface area contributed by atoms with Gasteiger partial charge in [-0.1, -0.05) is 24.6 Å². The highest BCUT2D eigenvalue weighted by Crippen LogP contribution is 2.38. The number of alkyl halides is 3. The SMILES string of the molecule is C[C@@H]1CNCC[C@@H]1c1ccc(C(F)(F)F)cc1Cl. The zero-order valence-electron chi connectivity index (χ0n) is 10.0. The summed E-state index contributed by atoms with van der Waals surface area (Å²) < 4.78 is 37.6. The summed E-state index contributed by atoms with van der Waals surface area (Å²) in [7, 11) is 0. The Morgan fingerprint density at radius 2 is 2.06 bits per heavy atom. The third kappa shape index (κ3) is 2.81. The quantitative estimate of drug-likeness (QED) is 0.816. The van der Waals surface area contributed by atoms with Crippen molar-refractivity contribution < 1.29 is 13.2 Å². The summed E-state index contributed by atoms with van der Waals surface area (Å²) in [6.45, 7) is 3.85. The fraction of sp³-hybridized carbons (Fsp3) is 0.538. The molecule has 0 amide bonds. The first-order chi connectivity index (χ1) is 8.39. The van der Waals surface area contributed by atoms with Crippen LogP contribution in [-0.2, 0) is 6.18 Å². The van der Waals surface area contributed by atoms with E-state index < -0.39 is 11.7 Å². The highest BCUT2D eigenvalue weighted by Gasteiger charge is 2.32.